The predicted molar refractivity (Wildman–Crippen MR) is 58.5 cm³/mol. The summed E-state index contributed by atoms with van der Waals surface area (Å²) in [6, 6.07) is 4.00. The van der Waals surface area contributed by atoms with Gasteiger partial charge >= 0.3 is 0 Å². The first kappa shape index (κ1) is 10.7. The van der Waals surface area contributed by atoms with E-state index in [1.807, 2.05) is 12.1 Å². The van der Waals surface area contributed by atoms with Gasteiger partial charge in [-0.3, -0.25) is 5.32 Å². The van der Waals surface area contributed by atoms with Gasteiger partial charge in [0.1, 0.15) is 5.76 Å². The largest absolute Gasteiger partial charge is 0.468 e. The molecule has 84 valence electrons. The summed E-state index contributed by atoms with van der Waals surface area (Å²) in [5.74, 6) is 1.54. The minimum absolute atomic E-state index is 0.151. The number of furan rings is 1. The van der Waals surface area contributed by atoms with Gasteiger partial charge in [-0.1, -0.05) is 0 Å². The molecule has 1 aromatic rings. The minimum atomic E-state index is -0.161. The van der Waals surface area contributed by atoms with Crippen LogP contribution in [0.1, 0.15) is 38.5 Å². The van der Waals surface area contributed by atoms with Gasteiger partial charge in [-0.15, -0.1) is 0 Å². The zero-order valence-corrected chi connectivity index (χ0v) is 9.36. The van der Waals surface area contributed by atoms with Crippen LogP contribution in [0.2, 0.25) is 0 Å². The van der Waals surface area contributed by atoms with Gasteiger partial charge in [0.25, 0.3) is 0 Å². The van der Waals surface area contributed by atoms with E-state index in [0.29, 0.717) is 5.92 Å². The average Bonchev–Trinajstić information content (AvgIpc) is 2.94. The average molecular weight is 209 g/mol. The first-order valence-corrected chi connectivity index (χ1v) is 5.57. The highest BCUT2D eigenvalue weighted by Crippen LogP contribution is 2.40. The Morgan fingerprint density at radius 3 is 2.87 bits per heavy atom. The Kier molecular flexibility index (Phi) is 2.85. The number of rotatable bonds is 5. The van der Waals surface area contributed by atoms with Crippen molar-refractivity contribution in [2.75, 3.05) is 6.61 Å². The molecule has 0 bridgehead atoms. The fourth-order valence-electron chi connectivity index (χ4n) is 2.12. The number of nitrogens with one attached hydrogen (secondary N) is 1. The van der Waals surface area contributed by atoms with E-state index >= 15 is 0 Å². The van der Waals surface area contributed by atoms with Crippen molar-refractivity contribution in [3.8, 4) is 0 Å². The molecule has 0 aromatic carbocycles. The summed E-state index contributed by atoms with van der Waals surface area (Å²) in [4.78, 5) is 0. The predicted octanol–water partition coefficient (Wildman–Crippen LogP) is 2.09. The molecule has 0 spiro atoms. The second-order valence-electron chi connectivity index (χ2n) is 4.73. The van der Waals surface area contributed by atoms with E-state index in [1.54, 1.807) is 6.26 Å². The van der Waals surface area contributed by atoms with E-state index < -0.39 is 0 Å². The maximum absolute atomic E-state index is 9.45. The summed E-state index contributed by atoms with van der Waals surface area (Å²) in [5.41, 5.74) is -0.161. The van der Waals surface area contributed by atoms with Crippen molar-refractivity contribution in [3.05, 3.63) is 24.2 Å². The summed E-state index contributed by atoms with van der Waals surface area (Å²) in [6.45, 7) is 4.34. The summed E-state index contributed by atoms with van der Waals surface area (Å²) >= 11 is 0. The maximum atomic E-state index is 9.45. The van der Waals surface area contributed by atoms with E-state index in [-0.39, 0.29) is 18.2 Å². The fraction of sp³-hybridized carbons (Fsp3) is 0.667. The molecule has 2 N–H and O–H groups in total. The van der Waals surface area contributed by atoms with E-state index in [0.717, 1.165) is 5.76 Å². The van der Waals surface area contributed by atoms with Crippen LogP contribution in [0.25, 0.3) is 0 Å². The zero-order valence-electron chi connectivity index (χ0n) is 9.36. The van der Waals surface area contributed by atoms with Gasteiger partial charge < -0.3 is 9.52 Å². The van der Waals surface area contributed by atoms with Crippen molar-refractivity contribution >= 4 is 0 Å². The normalized spacial score (nSPS) is 22.3. The first-order valence-electron chi connectivity index (χ1n) is 5.57. The molecular weight excluding hydrogens is 190 g/mol. The van der Waals surface area contributed by atoms with Crippen LogP contribution in [0, 0.1) is 5.92 Å². The van der Waals surface area contributed by atoms with Crippen LogP contribution in [-0.2, 0) is 0 Å². The molecular formula is C12H19NO2. The SMILES string of the molecule is C[C@@H](N[C@@](C)(CO)C1CC1)c1ccco1. The topological polar surface area (TPSA) is 45.4 Å². The highest BCUT2D eigenvalue weighted by atomic mass is 16.3. The number of hydrogen-bond acceptors (Lipinski definition) is 3. The van der Waals surface area contributed by atoms with Crippen LogP contribution >= 0.6 is 0 Å². The number of aliphatic hydroxyl groups is 1. The van der Waals surface area contributed by atoms with Crippen LogP contribution in [0.5, 0.6) is 0 Å². The van der Waals surface area contributed by atoms with E-state index in [2.05, 4.69) is 19.2 Å². The number of hydrogen-bond donors (Lipinski definition) is 2. The lowest BCUT2D eigenvalue weighted by Gasteiger charge is -2.31. The third-order valence-corrected chi connectivity index (χ3v) is 3.32. The molecule has 15 heavy (non-hydrogen) atoms. The molecule has 0 saturated heterocycles. The van der Waals surface area contributed by atoms with Gasteiger partial charge in [-0.05, 0) is 44.7 Å². The maximum Gasteiger partial charge on any atom is 0.120 e. The molecule has 0 aliphatic heterocycles. The summed E-state index contributed by atoms with van der Waals surface area (Å²) < 4.78 is 5.34. The van der Waals surface area contributed by atoms with Crippen LogP contribution in [0.15, 0.2) is 22.8 Å². The molecule has 2 atom stereocenters. The van der Waals surface area contributed by atoms with E-state index in [9.17, 15) is 5.11 Å². The van der Waals surface area contributed by atoms with E-state index in [4.69, 9.17) is 4.42 Å². The monoisotopic (exact) mass is 209 g/mol. The lowest BCUT2D eigenvalue weighted by atomic mass is 9.95. The second kappa shape index (κ2) is 3.99. The van der Waals surface area contributed by atoms with Gasteiger partial charge in [-0.25, -0.2) is 0 Å². The van der Waals surface area contributed by atoms with Crippen LogP contribution < -0.4 is 5.32 Å². The van der Waals surface area contributed by atoms with Gasteiger partial charge in [0.15, 0.2) is 0 Å². The van der Waals surface area contributed by atoms with E-state index in [1.165, 1.54) is 12.8 Å². The molecule has 0 unspecified atom stereocenters. The Morgan fingerprint density at radius 1 is 1.67 bits per heavy atom. The Hall–Kier alpha value is -0.800. The molecule has 1 aromatic heterocycles. The van der Waals surface area contributed by atoms with Crippen LogP contribution in [0.3, 0.4) is 0 Å². The Bertz CT molecular complexity index is 305. The van der Waals surface area contributed by atoms with Gasteiger partial charge in [0, 0.05) is 5.54 Å². The highest BCUT2D eigenvalue weighted by molar-refractivity contribution is 5.07. The molecule has 1 saturated carbocycles. The molecule has 1 fully saturated rings. The molecule has 1 heterocycles. The molecule has 0 amide bonds. The fourth-order valence-corrected chi connectivity index (χ4v) is 2.12. The van der Waals surface area contributed by atoms with Gasteiger partial charge in [0.05, 0.1) is 18.9 Å². The Morgan fingerprint density at radius 2 is 2.40 bits per heavy atom. The zero-order chi connectivity index (χ0) is 10.9. The first-order chi connectivity index (χ1) is 7.15. The molecule has 3 heteroatoms. The second-order valence-corrected chi connectivity index (χ2v) is 4.73. The van der Waals surface area contributed by atoms with Gasteiger partial charge in [-0.2, -0.15) is 0 Å². The lowest BCUT2D eigenvalue weighted by molar-refractivity contribution is 0.140. The molecule has 2 rings (SSSR count). The van der Waals surface area contributed by atoms with Crippen molar-refractivity contribution in [2.24, 2.45) is 5.92 Å². The molecule has 3 nitrogen and oxygen atoms in total. The van der Waals surface area contributed by atoms with Crippen molar-refractivity contribution in [1.82, 2.24) is 5.32 Å². The summed E-state index contributed by atoms with van der Waals surface area (Å²) in [5, 5.41) is 12.9. The lowest BCUT2D eigenvalue weighted by Crippen LogP contribution is -2.48. The van der Waals surface area contributed by atoms with Crippen molar-refractivity contribution in [3.63, 3.8) is 0 Å². The smallest absolute Gasteiger partial charge is 0.120 e. The van der Waals surface area contributed by atoms with Crippen molar-refractivity contribution in [2.45, 2.75) is 38.3 Å². The third kappa shape index (κ3) is 2.24. The molecule has 1 aliphatic carbocycles. The third-order valence-electron chi connectivity index (χ3n) is 3.32. The molecule has 1 aliphatic rings. The summed E-state index contributed by atoms with van der Waals surface area (Å²) in [6.07, 6.45) is 4.12. The van der Waals surface area contributed by atoms with Crippen molar-refractivity contribution < 1.29 is 9.52 Å². The Labute approximate surface area is 90.5 Å². The van der Waals surface area contributed by atoms with Crippen LogP contribution in [0.4, 0.5) is 0 Å². The quantitative estimate of drug-likeness (QED) is 0.780. The number of aliphatic hydroxyl groups excluding tert-OH is 1. The van der Waals surface area contributed by atoms with Crippen LogP contribution in [-0.4, -0.2) is 17.3 Å². The standard InChI is InChI=1S/C12H19NO2/c1-9(11-4-3-7-15-11)13-12(2,8-14)10-5-6-10/h3-4,7,9-10,13-14H,5-6,8H2,1-2H3/t9-,12+/m1/s1. The highest BCUT2D eigenvalue weighted by Gasteiger charge is 2.41. The summed E-state index contributed by atoms with van der Waals surface area (Å²) in [7, 11) is 0. The van der Waals surface area contributed by atoms with Crippen molar-refractivity contribution in [1.29, 1.82) is 0 Å². The minimum Gasteiger partial charge on any atom is -0.468 e. The molecule has 0 radical (unpaired) electrons. The van der Waals surface area contributed by atoms with Gasteiger partial charge in [0.2, 0.25) is 0 Å². The Balaban J connectivity index is 2.00.